The van der Waals surface area contributed by atoms with Gasteiger partial charge in [-0.1, -0.05) is 12.1 Å². The largest absolute Gasteiger partial charge is 0.330 e. The standard InChI is InChI=1S/C26H26FN3O2/c1-16-13-19(17-8-10-20(27)11-9-17)15-23(28-16)24-7-2-3-12-30(24)26(32)21-14-18-5-4-6-22(18)29-25(21)31/h8-11,13-15,24H,2-7,12H2,1H3,(H,29,31)/t24-/m0/s1. The highest BCUT2D eigenvalue weighted by atomic mass is 19.1. The molecule has 0 bridgehead atoms. The monoisotopic (exact) mass is 431 g/mol. The molecule has 1 N–H and O–H groups in total. The summed E-state index contributed by atoms with van der Waals surface area (Å²) >= 11 is 0. The van der Waals surface area contributed by atoms with Crippen LogP contribution in [0.15, 0.2) is 47.3 Å². The van der Waals surface area contributed by atoms with E-state index in [2.05, 4.69) is 4.98 Å². The lowest BCUT2D eigenvalue weighted by molar-refractivity contribution is 0.0604. The summed E-state index contributed by atoms with van der Waals surface area (Å²) in [5.74, 6) is -0.499. The van der Waals surface area contributed by atoms with E-state index in [1.165, 1.54) is 12.1 Å². The molecule has 1 fully saturated rings. The van der Waals surface area contributed by atoms with Crippen molar-refractivity contribution in [1.29, 1.82) is 0 Å². The molecule has 1 atom stereocenters. The Morgan fingerprint density at radius 1 is 1.06 bits per heavy atom. The fraction of sp³-hybridized carbons (Fsp3) is 0.346. The van der Waals surface area contributed by atoms with Gasteiger partial charge >= 0.3 is 0 Å². The molecule has 0 spiro atoms. The Labute approximate surface area is 186 Å². The zero-order valence-electron chi connectivity index (χ0n) is 18.2. The number of aromatic nitrogens is 2. The van der Waals surface area contributed by atoms with Crippen molar-refractivity contribution in [1.82, 2.24) is 14.9 Å². The van der Waals surface area contributed by atoms with Crippen molar-refractivity contribution in [2.24, 2.45) is 0 Å². The summed E-state index contributed by atoms with van der Waals surface area (Å²) in [6, 6.07) is 12.0. The number of nitrogens with zero attached hydrogens (tertiary/aromatic N) is 2. The first kappa shape index (κ1) is 20.6. The third-order valence-electron chi connectivity index (χ3n) is 6.57. The van der Waals surface area contributed by atoms with Crippen LogP contribution < -0.4 is 5.56 Å². The van der Waals surface area contributed by atoms with Gasteiger partial charge in [0.15, 0.2) is 0 Å². The summed E-state index contributed by atoms with van der Waals surface area (Å²) in [7, 11) is 0. The van der Waals surface area contributed by atoms with E-state index in [0.717, 1.165) is 72.3 Å². The predicted molar refractivity (Wildman–Crippen MR) is 121 cm³/mol. The topological polar surface area (TPSA) is 66.1 Å². The lowest BCUT2D eigenvalue weighted by Crippen LogP contribution is -2.41. The molecule has 32 heavy (non-hydrogen) atoms. The molecule has 2 aromatic heterocycles. The third-order valence-corrected chi connectivity index (χ3v) is 6.57. The molecule has 2 aliphatic rings. The summed E-state index contributed by atoms with van der Waals surface area (Å²) in [6.45, 7) is 2.53. The van der Waals surface area contributed by atoms with Crippen molar-refractivity contribution in [3.05, 3.63) is 86.8 Å². The van der Waals surface area contributed by atoms with E-state index < -0.39 is 0 Å². The van der Waals surface area contributed by atoms with Gasteiger partial charge in [-0.25, -0.2) is 4.39 Å². The van der Waals surface area contributed by atoms with Crippen LogP contribution in [0.1, 0.15) is 64.7 Å². The average Bonchev–Trinajstić information content (AvgIpc) is 3.25. The van der Waals surface area contributed by atoms with E-state index in [9.17, 15) is 14.0 Å². The van der Waals surface area contributed by atoms with Gasteiger partial charge in [0.05, 0.1) is 11.7 Å². The van der Waals surface area contributed by atoms with E-state index in [0.29, 0.717) is 6.54 Å². The Bertz CT molecular complexity index is 1230. The number of nitrogens with one attached hydrogen (secondary N) is 1. The summed E-state index contributed by atoms with van der Waals surface area (Å²) in [4.78, 5) is 35.7. The molecule has 6 heteroatoms. The number of halogens is 1. The first-order valence-corrected chi connectivity index (χ1v) is 11.3. The van der Waals surface area contributed by atoms with Crippen molar-refractivity contribution in [2.45, 2.75) is 51.5 Å². The molecule has 164 valence electrons. The number of amides is 1. The Morgan fingerprint density at radius 3 is 2.69 bits per heavy atom. The molecule has 5 rings (SSSR count). The minimum Gasteiger partial charge on any atom is -0.330 e. The maximum Gasteiger partial charge on any atom is 0.261 e. The second-order valence-electron chi connectivity index (χ2n) is 8.81. The van der Waals surface area contributed by atoms with E-state index in [1.54, 1.807) is 18.2 Å². The third kappa shape index (κ3) is 3.85. The molecule has 0 radical (unpaired) electrons. The highest BCUT2D eigenvalue weighted by molar-refractivity contribution is 5.94. The molecule has 3 aromatic rings. The number of aromatic amines is 1. The number of H-pyrrole nitrogens is 1. The Hall–Kier alpha value is -3.28. The van der Waals surface area contributed by atoms with Crippen LogP contribution in [0.4, 0.5) is 4.39 Å². The lowest BCUT2D eigenvalue weighted by atomic mass is 9.95. The number of carbonyl (C=O) groups is 1. The van der Waals surface area contributed by atoms with Crippen LogP contribution in [-0.4, -0.2) is 27.3 Å². The SMILES string of the molecule is Cc1cc(-c2ccc(F)cc2)cc([C@@H]2CCCCN2C(=O)c2cc3c([nH]c2=O)CCC3)n1. The number of fused-ring (bicyclic) bond motifs is 1. The van der Waals surface area contributed by atoms with Gasteiger partial charge in [-0.15, -0.1) is 0 Å². The number of hydrogen-bond acceptors (Lipinski definition) is 3. The van der Waals surface area contributed by atoms with Crippen LogP contribution >= 0.6 is 0 Å². The summed E-state index contributed by atoms with van der Waals surface area (Å²) in [5, 5.41) is 0. The van der Waals surface area contributed by atoms with Gasteiger partial charge in [-0.3, -0.25) is 14.6 Å². The van der Waals surface area contributed by atoms with Crippen molar-refractivity contribution >= 4 is 5.91 Å². The smallest absolute Gasteiger partial charge is 0.261 e. The molecule has 0 saturated carbocycles. The summed E-state index contributed by atoms with van der Waals surface area (Å²) in [6.07, 6.45) is 5.47. The number of hydrogen-bond donors (Lipinski definition) is 1. The Kier molecular flexibility index (Phi) is 5.37. The quantitative estimate of drug-likeness (QED) is 0.651. The van der Waals surface area contributed by atoms with Gasteiger partial charge < -0.3 is 9.88 Å². The second kappa shape index (κ2) is 8.34. The van der Waals surface area contributed by atoms with Crippen LogP contribution in [0, 0.1) is 12.7 Å². The number of piperidine rings is 1. The summed E-state index contributed by atoms with van der Waals surface area (Å²) in [5.41, 5.74) is 5.47. The number of benzene rings is 1. The van der Waals surface area contributed by atoms with E-state index in [-0.39, 0.29) is 28.9 Å². The first-order chi connectivity index (χ1) is 15.5. The Morgan fingerprint density at radius 2 is 1.88 bits per heavy atom. The molecule has 1 saturated heterocycles. The summed E-state index contributed by atoms with van der Waals surface area (Å²) < 4.78 is 13.4. The molecule has 1 amide bonds. The van der Waals surface area contributed by atoms with Crippen molar-refractivity contribution < 1.29 is 9.18 Å². The minimum atomic E-state index is -0.302. The van der Waals surface area contributed by atoms with Crippen LogP contribution in [-0.2, 0) is 12.8 Å². The van der Waals surface area contributed by atoms with Crippen LogP contribution in [0.2, 0.25) is 0 Å². The first-order valence-electron chi connectivity index (χ1n) is 11.3. The van der Waals surface area contributed by atoms with Crippen molar-refractivity contribution in [2.75, 3.05) is 6.54 Å². The number of aryl methyl sites for hydroxylation is 3. The molecule has 0 unspecified atom stereocenters. The number of carbonyl (C=O) groups excluding carboxylic acids is 1. The second-order valence-corrected chi connectivity index (χ2v) is 8.81. The highest BCUT2D eigenvalue weighted by Crippen LogP contribution is 2.33. The maximum atomic E-state index is 13.5. The lowest BCUT2D eigenvalue weighted by Gasteiger charge is -2.35. The number of rotatable bonds is 3. The van der Waals surface area contributed by atoms with Gasteiger partial charge in [-0.2, -0.15) is 0 Å². The van der Waals surface area contributed by atoms with Gasteiger partial charge in [0, 0.05) is 17.9 Å². The number of pyridine rings is 2. The predicted octanol–water partition coefficient (Wildman–Crippen LogP) is 4.74. The minimum absolute atomic E-state index is 0.192. The van der Waals surface area contributed by atoms with Gasteiger partial charge in [0.25, 0.3) is 11.5 Å². The van der Waals surface area contributed by atoms with Gasteiger partial charge in [0.2, 0.25) is 0 Å². The van der Waals surface area contributed by atoms with Gasteiger partial charge in [0.1, 0.15) is 11.4 Å². The van der Waals surface area contributed by atoms with E-state index in [1.807, 2.05) is 24.0 Å². The fourth-order valence-electron chi connectivity index (χ4n) is 4.98. The zero-order valence-corrected chi connectivity index (χ0v) is 18.2. The van der Waals surface area contributed by atoms with Crippen molar-refractivity contribution in [3.8, 4) is 11.1 Å². The van der Waals surface area contributed by atoms with Crippen molar-refractivity contribution in [3.63, 3.8) is 0 Å². The van der Waals surface area contributed by atoms with E-state index >= 15 is 0 Å². The number of likely N-dealkylation sites (tertiary alicyclic amines) is 1. The van der Waals surface area contributed by atoms with Crippen LogP contribution in [0.5, 0.6) is 0 Å². The van der Waals surface area contributed by atoms with E-state index in [4.69, 9.17) is 4.98 Å². The average molecular weight is 432 g/mol. The molecule has 1 aliphatic heterocycles. The highest BCUT2D eigenvalue weighted by Gasteiger charge is 2.32. The normalized spacial score (nSPS) is 17.9. The van der Waals surface area contributed by atoms with Crippen LogP contribution in [0.3, 0.4) is 0 Å². The molecule has 1 aromatic carbocycles. The molecular formula is C26H26FN3O2. The molecule has 5 nitrogen and oxygen atoms in total. The fourth-order valence-corrected chi connectivity index (χ4v) is 4.98. The molecule has 1 aliphatic carbocycles. The Balaban J connectivity index is 1.51. The molecule has 3 heterocycles. The zero-order chi connectivity index (χ0) is 22.2. The van der Waals surface area contributed by atoms with Crippen LogP contribution in [0.25, 0.3) is 11.1 Å². The molecular weight excluding hydrogens is 405 g/mol. The van der Waals surface area contributed by atoms with Gasteiger partial charge in [-0.05, 0) is 92.5 Å². The maximum absolute atomic E-state index is 13.5.